The molecule has 20 heavy (non-hydrogen) atoms. The van der Waals surface area contributed by atoms with Gasteiger partial charge in [0.15, 0.2) is 5.82 Å². The molecule has 0 bridgehead atoms. The average molecular weight is 299 g/mol. The molecule has 0 fully saturated rings. The Kier molecular flexibility index (Phi) is 4.83. The van der Waals surface area contributed by atoms with Crippen LogP contribution in [0.3, 0.4) is 0 Å². The predicted octanol–water partition coefficient (Wildman–Crippen LogP) is 0.00960. The molecule has 2 rings (SSSR count). The van der Waals surface area contributed by atoms with Gasteiger partial charge in [0.05, 0.1) is 6.54 Å². The first-order valence-corrected chi connectivity index (χ1v) is 7.65. The number of rotatable bonds is 5. The Bertz CT molecular complexity index is 492. The zero-order chi connectivity index (χ0) is 14.5. The van der Waals surface area contributed by atoms with E-state index in [1.54, 1.807) is 23.0 Å². The predicted molar refractivity (Wildman–Crippen MR) is 73.4 cm³/mol. The van der Waals surface area contributed by atoms with Crippen LogP contribution in [0.25, 0.3) is 0 Å². The summed E-state index contributed by atoms with van der Waals surface area (Å²) in [4.78, 5) is 24.8. The number of carbonyl (C=O) groups excluding carboxylic acids is 1. The van der Waals surface area contributed by atoms with Crippen molar-refractivity contribution in [1.82, 2.24) is 25.0 Å². The van der Waals surface area contributed by atoms with Crippen molar-refractivity contribution in [3.05, 3.63) is 12.2 Å². The molecule has 9 heteroatoms. The summed E-state index contributed by atoms with van der Waals surface area (Å²) in [5, 5.41) is 19.4. The first kappa shape index (κ1) is 14.6. The minimum Gasteiger partial charge on any atom is -0.480 e. The summed E-state index contributed by atoms with van der Waals surface area (Å²) in [5.41, 5.74) is 0. The number of carboxylic acids is 1. The second kappa shape index (κ2) is 6.60. The number of nitrogens with zero attached hydrogens (tertiary/aromatic N) is 4. The highest BCUT2D eigenvalue weighted by atomic mass is 32.2. The molecule has 1 aromatic rings. The van der Waals surface area contributed by atoms with Crippen LogP contribution in [-0.2, 0) is 17.9 Å². The van der Waals surface area contributed by atoms with E-state index in [2.05, 4.69) is 15.5 Å². The van der Waals surface area contributed by atoms with Gasteiger partial charge in [-0.05, 0) is 18.4 Å². The zero-order valence-corrected chi connectivity index (χ0v) is 12.0. The van der Waals surface area contributed by atoms with Crippen molar-refractivity contribution in [2.75, 3.05) is 18.6 Å². The lowest BCUT2D eigenvalue weighted by atomic mass is 10.2. The SMILES string of the molecule is CSCC[C@H](NC(=O)N1CCn2cnnc2C1)C(=O)O. The highest BCUT2D eigenvalue weighted by Gasteiger charge is 2.26. The topological polar surface area (TPSA) is 100 Å². The summed E-state index contributed by atoms with van der Waals surface area (Å²) in [7, 11) is 0. The maximum absolute atomic E-state index is 12.1. The highest BCUT2D eigenvalue weighted by Crippen LogP contribution is 2.10. The van der Waals surface area contributed by atoms with Crippen molar-refractivity contribution in [3.63, 3.8) is 0 Å². The fraction of sp³-hybridized carbons (Fsp3) is 0.636. The van der Waals surface area contributed by atoms with Crippen molar-refractivity contribution in [1.29, 1.82) is 0 Å². The van der Waals surface area contributed by atoms with Crippen LogP contribution >= 0.6 is 11.8 Å². The molecule has 0 radical (unpaired) electrons. The third kappa shape index (κ3) is 3.41. The number of amides is 2. The van der Waals surface area contributed by atoms with E-state index in [0.29, 0.717) is 37.6 Å². The molecule has 1 atom stereocenters. The number of hydrogen-bond acceptors (Lipinski definition) is 5. The summed E-state index contributed by atoms with van der Waals surface area (Å²) in [6, 6.07) is -1.22. The monoisotopic (exact) mass is 299 g/mol. The molecule has 0 aromatic carbocycles. The molecule has 1 aromatic heterocycles. The molecule has 0 unspecified atom stereocenters. The van der Waals surface area contributed by atoms with Crippen molar-refractivity contribution in [3.8, 4) is 0 Å². The van der Waals surface area contributed by atoms with Crippen LogP contribution in [-0.4, -0.2) is 61.4 Å². The Balaban J connectivity index is 1.92. The lowest BCUT2D eigenvalue weighted by Crippen LogP contribution is -2.50. The van der Waals surface area contributed by atoms with Crippen molar-refractivity contribution >= 4 is 23.8 Å². The quantitative estimate of drug-likeness (QED) is 0.794. The number of aromatic nitrogens is 3. The van der Waals surface area contributed by atoms with Gasteiger partial charge in [0.2, 0.25) is 0 Å². The smallest absolute Gasteiger partial charge is 0.326 e. The molecular formula is C11H17N5O3S. The third-order valence-corrected chi connectivity index (χ3v) is 3.78. The van der Waals surface area contributed by atoms with Gasteiger partial charge in [-0.15, -0.1) is 10.2 Å². The molecule has 2 N–H and O–H groups in total. The number of hydrogen-bond donors (Lipinski definition) is 2. The molecule has 2 heterocycles. The largest absolute Gasteiger partial charge is 0.480 e. The number of aliphatic carboxylic acids is 1. The van der Waals surface area contributed by atoms with Gasteiger partial charge in [-0.25, -0.2) is 9.59 Å². The summed E-state index contributed by atoms with van der Waals surface area (Å²) >= 11 is 1.55. The van der Waals surface area contributed by atoms with Gasteiger partial charge in [-0.2, -0.15) is 11.8 Å². The van der Waals surface area contributed by atoms with E-state index in [-0.39, 0.29) is 6.03 Å². The van der Waals surface area contributed by atoms with Crippen molar-refractivity contribution in [2.24, 2.45) is 0 Å². The summed E-state index contributed by atoms with van der Waals surface area (Å²) in [6.07, 6.45) is 3.94. The van der Waals surface area contributed by atoms with Gasteiger partial charge in [0.25, 0.3) is 0 Å². The fourth-order valence-corrected chi connectivity index (χ4v) is 2.44. The van der Waals surface area contributed by atoms with Crippen LogP contribution in [0.4, 0.5) is 4.79 Å². The fourth-order valence-electron chi connectivity index (χ4n) is 1.97. The van der Waals surface area contributed by atoms with E-state index in [4.69, 9.17) is 5.11 Å². The minimum atomic E-state index is -1.01. The van der Waals surface area contributed by atoms with Crippen LogP contribution in [0, 0.1) is 0 Å². The number of carboxylic acid groups (broad SMARTS) is 1. The molecule has 0 saturated carbocycles. The normalized spacial score (nSPS) is 15.6. The maximum Gasteiger partial charge on any atom is 0.326 e. The number of thioether (sulfide) groups is 1. The highest BCUT2D eigenvalue weighted by molar-refractivity contribution is 7.98. The molecule has 0 aliphatic carbocycles. The lowest BCUT2D eigenvalue weighted by Gasteiger charge is -2.28. The van der Waals surface area contributed by atoms with Crippen LogP contribution in [0.2, 0.25) is 0 Å². The lowest BCUT2D eigenvalue weighted by molar-refractivity contribution is -0.139. The van der Waals surface area contributed by atoms with Gasteiger partial charge in [0.1, 0.15) is 12.4 Å². The average Bonchev–Trinajstić information content (AvgIpc) is 2.90. The van der Waals surface area contributed by atoms with E-state index in [1.807, 2.05) is 10.8 Å². The summed E-state index contributed by atoms with van der Waals surface area (Å²) in [5.74, 6) is 0.390. The van der Waals surface area contributed by atoms with Gasteiger partial charge in [-0.3, -0.25) is 0 Å². The van der Waals surface area contributed by atoms with E-state index < -0.39 is 12.0 Å². The molecule has 8 nitrogen and oxygen atoms in total. The standard InChI is InChI=1S/C11H17N5O3S/c1-20-5-2-8(10(17)18)13-11(19)15-3-4-16-7-12-14-9(16)6-15/h7-8H,2-6H2,1H3,(H,13,19)(H,17,18)/t8-/m0/s1. The van der Waals surface area contributed by atoms with Gasteiger partial charge in [0, 0.05) is 13.1 Å². The van der Waals surface area contributed by atoms with E-state index in [0.717, 1.165) is 0 Å². The Labute approximate surface area is 120 Å². The number of nitrogens with one attached hydrogen (secondary N) is 1. The molecule has 0 spiro atoms. The first-order chi connectivity index (χ1) is 9.61. The summed E-state index contributed by atoms with van der Waals surface area (Å²) < 4.78 is 1.88. The van der Waals surface area contributed by atoms with Crippen LogP contribution in [0.1, 0.15) is 12.2 Å². The first-order valence-electron chi connectivity index (χ1n) is 6.25. The van der Waals surface area contributed by atoms with Crippen LogP contribution in [0.5, 0.6) is 0 Å². The minimum absolute atomic E-state index is 0.348. The Morgan fingerprint density at radius 3 is 3.05 bits per heavy atom. The van der Waals surface area contributed by atoms with Crippen molar-refractivity contribution < 1.29 is 14.7 Å². The van der Waals surface area contributed by atoms with Gasteiger partial charge >= 0.3 is 12.0 Å². The van der Waals surface area contributed by atoms with Crippen LogP contribution in [0.15, 0.2) is 6.33 Å². The maximum atomic E-state index is 12.1. The van der Waals surface area contributed by atoms with E-state index in [1.165, 1.54) is 0 Å². The Hall–Kier alpha value is -1.77. The van der Waals surface area contributed by atoms with E-state index in [9.17, 15) is 9.59 Å². The molecule has 0 saturated heterocycles. The van der Waals surface area contributed by atoms with Gasteiger partial charge in [-0.1, -0.05) is 0 Å². The zero-order valence-electron chi connectivity index (χ0n) is 11.2. The molecule has 2 amide bonds. The Morgan fingerprint density at radius 1 is 1.55 bits per heavy atom. The second-order valence-electron chi connectivity index (χ2n) is 4.48. The molecule has 1 aliphatic rings. The Morgan fingerprint density at radius 2 is 2.35 bits per heavy atom. The third-order valence-electron chi connectivity index (χ3n) is 3.13. The molecule has 110 valence electrons. The van der Waals surface area contributed by atoms with Gasteiger partial charge < -0.3 is 19.9 Å². The molecule has 1 aliphatic heterocycles. The van der Waals surface area contributed by atoms with Crippen molar-refractivity contribution in [2.45, 2.75) is 25.6 Å². The van der Waals surface area contributed by atoms with Crippen LogP contribution < -0.4 is 5.32 Å². The second-order valence-corrected chi connectivity index (χ2v) is 5.47. The molecular weight excluding hydrogens is 282 g/mol. The van der Waals surface area contributed by atoms with E-state index >= 15 is 0 Å². The number of urea groups is 1. The summed E-state index contributed by atoms with van der Waals surface area (Å²) in [6.45, 7) is 1.49. The number of carbonyl (C=O) groups is 2. The number of fused-ring (bicyclic) bond motifs is 1.